The molecule has 2 nitrogen and oxygen atoms in total. The van der Waals surface area contributed by atoms with E-state index in [1.54, 1.807) is 0 Å². The summed E-state index contributed by atoms with van der Waals surface area (Å²) in [5.74, 6) is 0. The highest BCUT2D eigenvalue weighted by Crippen LogP contribution is 2.33. The van der Waals surface area contributed by atoms with Crippen molar-refractivity contribution in [3.8, 4) is 0 Å². The van der Waals surface area contributed by atoms with Gasteiger partial charge in [-0.05, 0) is 13.0 Å². The molecule has 2 N–H and O–H groups in total. The Bertz CT molecular complexity index is 298. The zero-order valence-corrected chi connectivity index (χ0v) is 7.54. The van der Waals surface area contributed by atoms with Crippen molar-refractivity contribution in [3.63, 3.8) is 0 Å². The summed E-state index contributed by atoms with van der Waals surface area (Å²) in [4.78, 5) is 3.63. The van der Waals surface area contributed by atoms with Gasteiger partial charge in [-0.1, -0.05) is 0 Å². The Labute approximate surface area is 79.4 Å². The van der Waals surface area contributed by atoms with Crippen LogP contribution in [-0.2, 0) is 6.18 Å². The Hall–Kier alpha value is -0.970. The van der Waals surface area contributed by atoms with Crippen molar-refractivity contribution >= 4 is 18.1 Å². The lowest BCUT2D eigenvalue weighted by atomic mass is 10.2. The number of halogens is 4. The highest BCUT2D eigenvalue weighted by molar-refractivity contribution is 5.85. The number of pyridine rings is 1. The van der Waals surface area contributed by atoms with Gasteiger partial charge >= 0.3 is 6.18 Å². The lowest BCUT2D eigenvalue weighted by Crippen LogP contribution is -2.09. The van der Waals surface area contributed by atoms with Gasteiger partial charge in [0.25, 0.3) is 0 Å². The molecule has 0 radical (unpaired) electrons. The summed E-state index contributed by atoms with van der Waals surface area (Å²) in [6, 6.07) is 0.926. The Balaban J connectivity index is 0.00000144. The average molecular weight is 213 g/mol. The number of nitrogens with two attached hydrogens (primary N) is 1. The largest absolute Gasteiger partial charge is 0.418 e. The second kappa shape index (κ2) is 3.83. The van der Waals surface area contributed by atoms with Gasteiger partial charge in [-0.15, -0.1) is 12.4 Å². The van der Waals surface area contributed by atoms with Crippen LogP contribution in [0.25, 0.3) is 0 Å². The maximum atomic E-state index is 12.1. The number of alkyl halides is 3. The van der Waals surface area contributed by atoms with Gasteiger partial charge in [0, 0.05) is 5.69 Å². The summed E-state index contributed by atoms with van der Waals surface area (Å²) >= 11 is 0. The van der Waals surface area contributed by atoms with E-state index in [2.05, 4.69) is 4.98 Å². The van der Waals surface area contributed by atoms with Crippen LogP contribution in [0.5, 0.6) is 0 Å². The maximum absolute atomic E-state index is 12.1. The lowest BCUT2D eigenvalue weighted by Gasteiger charge is -2.09. The zero-order valence-electron chi connectivity index (χ0n) is 6.72. The molecule has 1 aromatic rings. The molecule has 1 rings (SSSR count). The van der Waals surface area contributed by atoms with Gasteiger partial charge < -0.3 is 5.73 Å². The molecule has 74 valence electrons. The van der Waals surface area contributed by atoms with E-state index in [1.807, 2.05) is 0 Å². The molecule has 0 aliphatic heterocycles. The Morgan fingerprint density at radius 1 is 1.38 bits per heavy atom. The highest BCUT2D eigenvalue weighted by Gasteiger charge is 2.33. The monoisotopic (exact) mass is 212 g/mol. The number of aryl methyl sites for hydroxylation is 1. The number of nitrogens with zero attached hydrogens (tertiary/aromatic N) is 1. The van der Waals surface area contributed by atoms with Crippen LogP contribution in [0.2, 0.25) is 0 Å². The van der Waals surface area contributed by atoms with E-state index in [4.69, 9.17) is 5.73 Å². The second-order valence-electron chi connectivity index (χ2n) is 2.41. The normalized spacial score (nSPS) is 10.8. The molecule has 6 heteroatoms. The number of hydrogen-bond acceptors (Lipinski definition) is 2. The van der Waals surface area contributed by atoms with Crippen LogP contribution in [0, 0.1) is 6.92 Å². The molecule has 1 aromatic heterocycles. The standard InChI is InChI=1S/C7H7F3N2.ClH/c1-4-2-5(7(8,9)10)6(11)3-12-4;/h2-3H,11H2,1H3;1H. The van der Waals surface area contributed by atoms with Crippen LogP contribution in [0.4, 0.5) is 18.9 Å². The number of aromatic nitrogens is 1. The maximum Gasteiger partial charge on any atom is 0.418 e. The molecule has 0 unspecified atom stereocenters. The molecule has 0 saturated carbocycles. The minimum absolute atomic E-state index is 0. The molecule has 0 aromatic carbocycles. The first-order valence-corrected chi connectivity index (χ1v) is 3.20. The number of rotatable bonds is 0. The summed E-state index contributed by atoms with van der Waals surface area (Å²) in [5, 5.41) is 0. The zero-order chi connectivity index (χ0) is 9.35. The average Bonchev–Trinajstić information content (AvgIpc) is 1.92. The predicted molar refractivity (Wildman–Crippen MR) is 45.6 cm³/mol. The number of hydrogen-bond donors (Lipinski definition) is 1. The van der Waals surface area contributed by atoms with Gasteiger partial charge in [0.2, 0.25) is 0 Å². The topological polar surface area (TPSA) is 38.9 Å². The third-order valence-corrected chi connectivity index (χ3v) is 1.38. The van der Waals surface area contributed by atoms with Crippen molar-refractivity contribution in [3.05, 3.63) is 23.5 Å². The van der Waals surface area contributed by atoms with Crippen molar-refractivity contribution in [2.45, 2.75) is 13.1 Å². The van der Waals surface area contributed by atoms with Gasteiger partial charge in [0.05, 0.1) is 17.4 Å². The number of nitrogen functional groups attached to an aromatic ring is 1. The summed E-state index contributed by atoms with van der Waals surface area (Å²) < 4.78 is 36.4. The quantitative estimate of drug-likeness (QED) is 0.717. The van der Waals surface area contributed by atoms with Crippen molar-refractivity contribution < 1.29 is 13.2 Å². The minimum atomic E-state index is -4.39. The number of anilines is 1. The van der Waals surface area contributed by atoms with Crippen LogP contribution in [0.3, 0.4) is 0 Å². The molecule has 0 saturated heterocycles. The van der Waals surface area contributed by atoms with Crippen LogP contribution in [0.1, 0.15) is 11.3 Å². The van der Waals surface area contributed by atoms with Gasteiger partial charge in [0.1, 0.15) is 0 Å². The summed E-state index contributed by atoms with van der Waals surface area (Å²) in [7, 11) is 0. The Morgan fingerprint density at radius 3 is 2.31 bits per heavy atom. The Morgan fingerprint density at radius 2 is 1.92 bits per heavy atom. The first-order valence-electron chi connectivity index (χ1n) is 3.20. The first kappa shape index (κ1) is 12.0. The molecule has 0 aliphatic carbocycles. The fourth-order valence-corrected chi connectivity index (χ4v) is 0.816. The third-order valence-electron chi connectivity index (χ3n) is 1.38. The van der Waals surface area contributed by atoms with Gasteiger partial charge in [-0.25, -0.2) is 0 Å². The van der Waals surface area contributed by atoms with Gasteiger partial charge in [-0.3, -0.25) is 4.98 Å². The molecule has 0 spiro atoms. The first-order chi connectivity index (χ1) is 5.41. The molecule has 0 fully saturated rings. The fourth-order valence-electron chi connectivity index (χ4n) is 0.816. The Kier molecular flexibility index (Phi) is 3.54. The van der Waals surface area contributed by atoms with Gasteiger partial charge in [-0.2, -0.15) is 13.2 Å². The van der Waals surface area contributed by atoms with Crippen LogP contribution >= 0.6 is 12.4 Å². The molecule has 0 amide bonds. The smallest absolute Gasteiger partial charge is 0.397 e. The van der Waals surface area contributed by atoms with Crippen molar-refractivity contribution in [1.29, 1.82) is 0 Å². The van der Waals surface area contributed by atoms with E-state index >= 15 is 0 Å². The SMILES string of the molecule is Cc1cc(C(F)(F)F)c(N)cn1.Cl. The van der Waals surface area contributed by atoms with Crippen LogP contribution in [-0.4, -0.2) is 4.98 Å². The highest BCUT2D eigenvalue weighted by atomic mass is 35.5. The van der Waals surface area contributed by atoms with E-state index in [1.165, 1.54) is 6.92 Å². The fraction of sp³-hybridized carbons (Fsp3) is 0.286. The molecule has 0 bridgehead atoms. The van der Waals surface area contributed by atoms with E-state index in [0.29, 0.717) is 5.69 Å². The van der Waals surface area contributed by atoms with E-state index in [-0.39, 0.29) is 18.1 Å². The van der Waals surface area contributed by atoms with E-state index in [9.17, 15) is 13.2 Å². The van der Waals surface area contributed by atoms with Crippen molar-refractivity contribution in [2.75, 3.05) is 5.73 Å². The minimum Gasteiger partial charge on any atom is -0.397 e. The van der Waals surface area contributed by atoms with E-state index < -0.39 is 11.7 Å². The molecule has 13 heavy (non-hydrogen) atoms. The molecular weight excluding hydrogens is 205 g/mol. The lowest BCUT2D eigenvalue weighted by molar-refractivity contribution is -0.137. The van der Waals surface area contributed by atoms with Crippen molar-refractivity contribution in [2.24, 2.45) is 0 Å². The summed E-state index contributed by atoms with van der Waals surface area (Å²) in [6.45, 7) is 1.48. The molecule has 0 atom stereocenters. The van der Waals surface area contributed by atoms with E-state index in [0.717, 1.165) is 12.3 Å². The molecule has 0 aliphatic rings. The molecular formula is C7H8ClF3N2. The summed E-state index contributed by atoms with van der Waals surface area (Å²) in [6.07, 6.45) is -3.38. The van der Waals surface area contributed by atoms with Crippen LogP contribution in [0.15, 0.2) is 12.3 Å². The van der Waals surface area contributed by atoms with Crippen molar-refractivity contribution in [1.82, 2.24) is 4.98 Å². The van der Waals surface area contributed by atoms with Gasteiger partial charge in [0.15, 0.2) is 0 Å². The molecule has 1 heterocycles. The predicted octanol–water partition coefficient (Wildman–Crippen LogP) is 2.41. The summed E-state index contributed by atoms with van der Waals surface area (Å²) in [5.41, 5.74) is 4.23. The third kappa shape index (κ3) is 2.77. The second-order valence-corrected chi connectivity index (χ2v) is 2.41. The van der Waals surface area contributed by atoms with Crippen LogP contribution < -0.4 is 5.73 Å².